The van der Waals surface area contributed by atoms with E-state index in [9.17, 15) is 8.42 Å². The Balaban J connectivity index is 2.87. The fourth-order valence-corrected chi connectivity index (χ4v) is 2.33. The van der Waals surface area contributed by atoms with Gasteiger partial charge in [0.1, 0.15) is 0 Å². The normalized spacial score (nSPS) is 13.8. The van der Waals surface area contributed by atoms with Gasteiger partial charge in [0.15, 0.2) is 9.84 Å². The molecule has 1 unspecified atom stereocenters. The lowest BCUT2D eigenvalue weighted by Crippen LogP contribution is -2.28. The molecule has 5 heteroatoms. The van der Waals surface area contributed by atoms with Gasteiger partial charge in [0.2, 0.25) is 0 Å². The minimum absolute atomic E-state index is 0.0347. The zero-order chi connectivity index (χ0) is 11.5. The highest BCUT2D eigenvalue weighted by Gasteiger charge is 2.20. The molecule has 4 nitrogen and oxygen atoms in total. The molecule has 0 aliphatic heterocycles. The van der Waals surface area contributed by atoms with Crippen LogP contribution in [0.5, 0.6) is 0 Å². The van der Waals surface area contributed by atoms with Gasteiger partial charge in [-0.05, 0) is 26.0 Å². The van der Waals surface area contributed by atoms with Gasteiger partial charge in [-0.1, -0.05) is 6.07 Å². The second-order valence-corrected chi connectivity index (χ2v) is 6.04. The van der Waals surface area contributed by atoms with Crippen LogP contribution in [0, 0.1) is 6.92 Å². The molecule has 0 saturated heterocycles. The molecular formula is C10H16N2O2S. The summed E-state index contributed by atoms with van der Waals surface area (Å²) in [4.78, 5) is 4.16. The first-order valence-electron chi connectivity index (χ1n) is 4.80. The molecule has 0 aliphatic rings. The summed E-state index contributed by atoms with van der Waals surface area (Å²) in [5.74, 6) is -0.0347. The topological polar surface area (TPSA) is 73.0 Å². The molecule has 15 heavy (non-hydrogen) atoms. The third-order valence-corrected chi connectivity index (χ3v) is 4.36. The van der Waals surface area contributed by atoms with Crippen LogP contribution in [0.4, 0.5) is 0 Å². The summed E-state index contributed by atoms with van der Waals surface area (Å²) < 4.78 is 23.4. The molecule has 0 aliphatic carbocycles. The van der Waals surface area contributed by atoms with E-state index in [0.717, 1.165) is 5.69 Å². The number of hydrogen-bond acceptors (Lipinski definition) is 4. The van der Waals surface area contributed by atoms with Crippen molar-refractivity contribution in [3.05, 3.63) is 29.6 Å². The summed E-state index contributed by atoms with van der Waals surface area (Å²) in [6.07, 6.45) is 0. The predicted molar refractivity (Wildman–Crippen MR) is 60.1 cm³/mol. The molecule has 0 amide bonds. The van der Waals surface area contributed by atoms with E-state index in [1.165, 1.54) is 0 Å². The number of nitrogens with zero attached hydrogens (tertiary/aromatic N) is 1. The van der Waals surface area contributed by atoms with E-state index in [0.29, 0.717) is 5.69 Å². The zero-order valence-corrected chi connectivity index (χ0v) is 9.79. The van der Waals surface area contributed by atoms with Crippen LogP contribution in [0.2, 0.25) is 0 Å². The Morgan fingerprint density at radius 2 is 2.13 bits per heavy atom. The van der Waals surface area contributed by atoms with E-state index in [-0.39, 0.29) is 12.3 Å². The van der Waals surface area contributed by atoms with Gasteiger partial charge >= 0.3 is 0 Å². The number of aryl methyl sites for hydroxylation is 1. The molecule has 1 aromatic heterocycles. The highest BCUT2D eigenvalue weighted by molar-refractivity contribution is 7.91. The van der Waals surface area contributed by atoms with E-state index in [4.69, 9.17) is 5.73 Å². The van der Waals surface area contributed by atoms with Crippen molar-refractivity contribution in [1.82, 2.24) is 4.98 Å². The summed E-state index contributed by atoms with van der Waals surface area (Å²) >= 11 is 0. The Labute approximate surface area is 90.4 Å². The minimum atomic E-state index is -3.17. The number of nitrogens with two attached hydrogens (primary N) is 1. The molecule has 84 valence electrons. The van der Waals surface area contributed by atoms with E-state index >= 15 is 0 Å². The average molecular weight is 228 g/mol. The van der Waals surface area contributed by atoms with Gasteiger partial charge in [-0.15, -0.1) is 0 Å². The Morgan fingerprint density at radius 1 is 1.47 bits per heavy atom. The smallest absolute Gasteiger partial charge is 0.159 e. The highest BCUT2D eigenvalue weighted by atomic mass is 32.2. The van der Waals surface area contributed by atoms with Crippen LogP contribution in [0.25, 0.3) is 0 Å². The molecule has 0 spiro atoms. The second kappa shape index (κ2) is 4.72. The van der Waals surface area contributed by atoms with E-state index in [1.54, 1.807) is 19.1 Å². The maximum Gasteiger partial charge on any atom is 0.159 e. The van der Waals surface area contributed by atoms with Gasteiger partial charge in [-0.2, -0.15) is 0 Å². The molecule has 0 fully saturated rings. The third-order valence-electron chi connectivity index (χ3n) is 2.24. The Morgan fingerprint density at radius 3 is 2.67 bits per heavy atom. The fourth-order valence-electron chi connectivity index (χ4n) is 1.17. The number of rotatable bonds is 4. The number of hydrogen-bond donors (Lipinski definition) is 1. The van der Waals surface area contributed by atoms with Crippen molar-refractivity contribution in [2.24, 2.45) is 5.73 Å². The molecule has 2 N–H and O–H groups in total. The van der Waals surface area contributed by atoms with Crippen molar-refractivity contribution in [3.8, 4) is 0 Å². The Bertz CT molecular complexity index is 429. The fraction of sp³-hybridized carbons (Fsp3) is 0.500. The number of aromatic nitrogens is 1. The third kappa shape index (κ3) is 3.28. The molecule has 1 heterocycles. The number of pyridine rings is 1. The maximum atomic E-state index is 11.7. The first kappa shape index (κ1) is 12.1. The first-order chi connectivity index (χ1) is 6.95. The van der Waals surface area contributed by atoms with Crippen molar-refractivity contribution in [1.29, 1.82) is 0 Å². The second-order valence-electron chi connectivity index (χ2n) is 3.62. The molecule has 0 saturated carbocycles. The van der Waals surface area contributed by atoms with E-state index in [2.05, 4.69) is 4.98 Å². The zero-order valence-electron chi connectivity index (χ0n) is 8.97. The summed E-state index contributed by atoms with van der Waals surface area (Å²) in [6, 6.07) is 5.36. The van der Waals surface area contributed by atoms with Gasteiger partial charge in [0.25, 0.3) is 0 Å². The van der Waals surface area contributed by atoms with Crippen molar-refractivity contribution in [2.75, 3.05) is 6.54 Å². The lowest BCUT2D eigenvalue weighted by atomic mass is 10.3. The summed E-state index contributed by atoms with van der Waals surface area (Å²) in [5.41, 5.74) is 6.74. The average Bonchev–Trinajstić information content (AvgIpc) is 2.15. The van der Waals surface area contributed by atoms with E-state index in [1.807, 2.05) is 13.0 Å². The lowest BCUT2D eigenvalue weighted by molar-refractivity contribution is 0.582. The summed E-state index contributed by atoms with van der Waals surface area (Å²) in [5, 5.41) is -0.514. The van der Waals surface area contributed by atoms with Gasteiger partial charge in [0.05, 0.1) is 16.7 Å². The van der Waals surface area contributed by atoms with Crippen LogP contribution in [-0.4, -0.2) is 25.2 Å². The molecule has 0 radical (unpaired) electrons. The summed E-state index contributed by atoms with van der Waals surface area (Å²) in [7, 11) is -3.17. The lowest BCUT2D eigenvalue weighted by Gasteiger charge is -2.09. The van der Waals surface area contributed by atoms with Crippen molar-refractivity contribution < 1.29 is 8.42 Å². The molecule has 0 aromatic carbocycles. The van der Waals surface area contributed by atoms with Crippen LogP contribution in [0.3, 0.4) is 0 Å². The maximum absolute atomic E-state index is 11.7. The SMILES string of the molecule is Cc1cccc(CS(=O)(=O)C(C)CN)n1. The highest BCUT2D eigenvalue weighted by Crippen LogP contribution is 2.09. The predicted octanol–water partition coefficient (Wildman–Crippen LogP) is 0.652. The van der Waals surface area contributed by atoms with Crippen LogP contribution in [-0.2, 0) is 15.6 Å². The first-order valence-corrected chi connectivity index (χ1v) is 6.51. The minimum Gasteiger partial charge on any atom is -0.329 e. The largest absolute Gasteiger partial charge is 0.329 e. The van der Waals surface area contributed by atoms with Crippen LogP contribution >= 0.6 is 0 Å². The van der Waals surface area contributed by atoms with Crippen LogP contribution in [0.15, 0.2) is 18.2 Å². The quantitative estimate of drug-likeness (QED) is 0.821. The van der Waals surface area contributed by atoms with Crippen LogP contribution < -0.4 is 5.73 Å². The van der Waals surface area contributed by atoms with Gasteiger partial charge in [-0.3, -0.25) is 4.98 Å². The van der Waals surface area contributed by atoms with Crippen molar-refractivity contribution >= 4 is 9.84 Å². The molecule has 0 bridgehead atoms. The van der Waals surface area contributed by atoms with E-state index < -0.39 is 15.1 Å². The van der Waals surface area contributed by atoms with Crippen LogP contribution in [0.1, 0.15) is 18.3 Å². The Hall–Kier alpha value is -0.940. The van der Waals surface area contributed by atoms with Crippen molar-refractivity contribution in [3.63, 3.8) is 0 Å². The molecule has 1 aromatic rings. The monoisotopic (exact) mass is 228 g/mol. The standard InChI is InChI=1S/C10H16N2O2S/c1-8-4-3-5-10(12-8)7-15(13,14)9(2)6-11/h3-5,9H,6-7,11H2,1-2H3. The summed E-state index contributed by atoms with van der Waals surface area (Å²) in [6.45, 7) is 3.60. The van der Waals surface area contributed by atoms with Gasteiger partial charge < -0.3 is 5.73 Å². The van der Waals surface area contributed by atoms with Gasteiger partial charge in [0, 0.05) is 12.2 Å². The van der Waals surface area contributed by atoms with Crippen molar-refractivity contribution in [2.45, 2.75) is 24.9 Å². The molecule has 1 rings (SSSR count). The Kier molecular flexibility index (Phi) is 3.82. The molecule has 1 atom stereocenters. The van der Waals surface area contributed by atoms with Gasteiger partial charge in [-0.25, -0.2) is 8.42 Å². The number of sulfone groups is 1. The molecular weight excluding hydrogens is 212 g/mol.